The van der Waals surface area contributed by atoms with Gasteiger partial charge in [-0.05, 0) is 25.5 Å². The van der Waals surface area contributed by atoms with Crippen LogP contribution in [-0.2, 0) is 6.61 Å². The summed E-state index contributed by atoms with van der Waals surface area (Å²) in [6, 6.07) is 6.27. The molecule has 2 rings (SSSR count). The van der Waals surface area contributed by atoms with E-state index in [1.807, 2.05) is 11.9 Å². The van der Waals surface area contributed by atoms with Gasteiger partial charge >= 0.3 is 0 Å². The van der Waals surface area contributed by atoms with E-state index >= 15 is 0 Å². The van der Waals surface area contributed by atoms with Crippen LogP contribution in [0.3, 0.4) is 0 Å². The van der Waals surface area contributed by atoms with Crippen LogP contribution in [0.5, 0.6) is 0 Å². The molecular formula is C14H17N3O. The van der Waals surface area contributed by atoms with Crippen molar-refractivity contribution in [2.24, 2.45) is 0 Å². The molecule has 0 atom stereocenters. The lowest BCUT2D eigenvalue weighted by Gasteiger charge is -2.20. The van der Waals surface area contributed by atoms with Gasteiger partial charge in [0.15, 0.2) is 5.82 Å². The first kappa shape index (κ1) is 12.5. The zero-order chi connectivity index (χ0) is 13.1. The molecule has 0 amide bonds. The second-order valence-corrected chi connectivity index (χ2v) is 4.38. The van der Waals surface area contributed by atoms with Crippen LogP contribution in [0.15, 0.2) is 30.6 Å². The van der Waals surface area contributed by atoms with Gasteiger partial charge in [-0.25, -0.2) is 4.98 Å². The van der Waals surface area contributed by atoms with Crippen molar-refractivity contribution in [3.05, 3.63) is 47.4 Å². The summed E-state index contributed by atoms with van der Waals surface area (Å²) in [6.45, 7) is 4.05. The fourth-order valence-electron chi connectivity index (χ4n) is 1.94. The molecule has 0 bridgehead atoms. The molecule has 94 valence electrons. The van der Waals surface area contributed by atoms with E-state index < -0.39 is 0 Å². The van der Waals surface area contributed by atoms with E-state index in [2.05, 4.69) is 42.0 Å². The van der Waals surface area contributed by atoms with Gasteiger partial charge < -0.3 is 10.0 Å². The Kier molecular flexibility index (Phi) is 3.58. The molecular weight excluding hydrogens is 226 g/mol. The molecule has 1 aromatic carbocycles. The van der Waals surface area contributed by atoms with Crippen molar-refractivity contribution < 1.29 is 5.11 Å². The molecule has 0 fully saturated rings. The van der Waals surface area contributed by atoms with Crippen LogP contribution in [0, 0.1) is 13.8 Å². The maximum Gasteiger partial charge on any atom is 0.151 e. The van der Waals surface area contributed by atoms with Crippen molar-refractivity contribution in [3.8, 4) is 0 Å². The lowest BCUT2D eigenvalue weighted by molar-refractivity contribution is 0.276. The first-order valence-electron chi connectivity index (χ1n) is 5.84. The maximum atomic E-state index is 9.08. The van der Waals surface area contributed by atoms with Gasteiger partial charge in [-0.15, -0.1) is 0 Å². The second kappa shape index (κ2) is 5.14. The molecule has 4 nitrogen and oxygen atoms in total. The van der Waals surface area contributed by atoms with Gasteiger partial charge in [0, 0.05) is 12.7 Å². The summed E-state index contributed by atoms with van der Waals surface area (Å²) in [5.74, 6) is 0.730. The molecule has 0 saturated carbocycles. The minimum atomic E-state index is -0.0957. The summed E-state index contributed by atoms with van der Waals surface area (Å²) in [4.78, 5) is 10.4. The van der Waals surface area contributed by atoms with Gasteiger partial charge in [-0.2, -0.15) is 0 Å². The van der Waals surface area contributed by atoms with Gasteiger partial charge in [0.05, 0.1) is 24.7 Å². The molecule has 4 heteroatoms. The maximum absolute atomic E-state index is 9.08. The fourth-order valence-corrected chi connectivity index (χ4v) is 1.94. The average molecular weight is 243 g/mol. The summed E-state index contributed by atoms with van der Waals surface area (Å²) >= 11 is 0. The predicted octanol–water partition coefficient (Wildman–Crippen LogP) is 2.35. The van der Waals surface area contributed by atoms with Crippen LogP contribution in [0.1, 0.15) is 16.8 Å². The fraction of sp³-hybridized carbons (Fsp3) is 0.286. The van der Waals surface area contributed by atoms with Gasteiger partial charge in [0.2, 0.25) is 0 Å². The second-order valence-electron chi connectivity index (χ2n) is 4.38. The molecule has 0 saturated heterocycles. The summed E-state index contributed by atoms with van der Waals surface area (Å²) in [6.07, 6.45) is 3.26. The number of aryl methyl sites for hydroxylation is 2. The largest absolute Gasteiger partial charge is 0.390 e. The number of benzene rings is 1. The highest BCUT2D eigenvalue weighted by Gasteiger charge is 2.09. The van der Waals surface area contributed by atoms with Gasteiger partial charge in [-0.3, -0.25) is 4.98 Å². The van der Waals surface area contributed by atoms with Crippen molar-refractivity contribution in [2.75, 3.05) is 11.9 Å². The van der Waals surface area contributed by atoms with Crippen LogP contribution in [0.2, 0.25) is 0 Å². The van der Waals surface area contributed by atoms with E-state index in [0.717, 1.165) is 11.5 Å². The number of aromatic nitrogens is 2. The van der Waals surface area contributed by atoms with E-state index in [-0.39, 0.29) is 6.61 Å². The first-order valence-corrected chi connectivity index (χ1v) is 5.84. The number of nitrogens with zero attached hydrogens (tertiary/aromatic N) is 3. The monoisotopic (exact) mass is 243 g/mol. The van der Waals surface area contributed by atoms with E-state index in [9.17, 15) is 0 Å². The Morgan fingerprint density at radius 3 is 2.67 bits per heavy atom. The zero-order valence-electron chi connectivity index (χ0n) is 10.9. The first-order chi connectivity index (χ1) is 8.61. The standard InChI is InChI=1S/C14H17N3O/c1-10-4-5-13(11(2)6-10)17(3)14-8-15-7-12(9-18)16-14/h4-8,18H,9H2,1-3H3. The topological polar surface area (TPSA) is 49.2 Å². The van der Waals surface area contributed by atoms with Crippen LogP contribution >= 0.6 is 0 Å². The molecule has 0 spiro atoms. The zero-order valence-corrected chi connectivity index (χ0v) is 10.9. The molecule has 0 aliphatic heterocycles. The summed E-state index contributed by atoms with van der Waals surface area (Å²) < 4.78 is 0. The average Bonchev–Trinajstić information content (AvgIpc) is 2.38. The number of hydrogen-bond donors (Lipinski definition) is 1. The highest BCUT2D eigenvalue weighted by atomic mass is 16.3. The van der Waals surface area contributed by atoms with Crippen molar-refractivity contribution in [1.82, 2.24) is 9.97 Å². The Labute approximate surface area is 107 Å². The van der Waals surface area contributed by atoms with E-state index in [0.29, 0.717) is 5.69 Å². The van der Waals surface area contributed by atoms with Crippen LogP contribution in [0.4, 0.5) is 11.5 Å². The molecule has 0 aliphatic rings. The molecule has 18 heavy (non-hydrogen) atoms. The lowest BCUT2D eigenvalue weighted by atomic mass is 10.1. The SMILES string of the molecule is Cc1ccc(N(C)c2cncc(CO)n2)c(C)c1. The minimum Gasteiger partial charge on any atom is -0.390 e. The van der Waals surface area contributed by atoms with Crippen LogP contribution in [0.25, 0.3) is 0 Å². The number of hydrogen-bond acceptors (Lipinski definition) is 4. The number of aliphatic hydroxyl groups is 1. The Morgan fingerprint density at radius 1 is 1.22 bits per heavy atom. The molecule has 1 N–H and O–H groups in total. The normalized spacial score (nSPS) is 10.4. The van der Waals surface area contributed by atoms with Crippen LogP contribution in [-0.4, -0.2) is 22.1 Å². The summed E-state index contributed by atoms with van der Waals surface area (Å²) in [5, 5.41) is 9.08. The lowest BCUT2D eigenvalue weighted by Crippen LogP contribution is -2.13. The quantitative estimate of drug-likeness (QED) is 0.899. The predicted molar refractivity (Wildman–Crippen MR) is 71.9 cm³/mol. The Bertz CT molecular complexity index is 554. The third-order valence-corrected chi connectivity index (χ3v) is 2.89. The molecule has 0 radical (unpaired) electrons. The van der Waals surface area contributed by atoms with Crippen molar-refractivity contribution in [2.45, 2.75) is 20.5 Å². The number of aliphatic hydroxyl groups excluding tert-OH is 1. The third-order valence-electron chi connectivity index (χ3n) is 2.89. The number of rotatable bonds is 3. The van der Waals surface area contributed by atoms with E-state index in [1.165, 1.54) is 11.1 Å². The molecule has 1 heterocycles. The smallest absolute Gasteiger partial charge is 0.151 e. The van der Waals surface area contributed by atoms with Crippen molar-refractivity contribution >= 4 is 11.5 Å². The highest BCUT2D eigenvalue weighted by molar-refractivity contribution is 5.62. The van der Waals surface area contributed by atoms with Gasteiger partial charge in [0.1, 0.15) is 0 Å². The molecule has 0 unspecified atom stereocenters. The third kappa shape index (κ3) is 2.49. The van der Waals surface area contributed by atoms with Gasteiger partial charge in [-0.1, -0.05) is 17.7 Å². The highest BCUT2D eigenvalue weighted by Crippen LogP contribution is 2.25. The molecule has 2 aromatic rings. The Balaban J connectivity index is 2.37. The van der Waals surface area contributed by atoms with Crippen molar-refractivity contribution in [3.63, 3.8) is 0 Å². The van der Waals surface area contributed by atoms with E-state index in [4.69, 9.17) is 5.11 Å². The summed E-state index contributed by atoms with van der Waals surface area (Å²) in [5.41, 5.74) is 4.09. The number of anilines is 2. The van der Waals surface area contributed by atoms with Crippen molar-refractivity contribution in [1.29, 1.82) is 0 Å². The van der Waals surface area contributed by atoms with Gasteiger partial charge in [0.25, 0.3) is 0 Å². The molecule has 0 aliphatic carbocycles. The van der Waals surface area contributed by atoms with Crippen LogP contribution < -0.4 is 4.90 Å². The summed E-state index contributed by atoms with van der Waals surface area (Å²) in [7, 11) is 1.95. The van der Waals surface area contributed by atoms with E-state index in [1.54, 1.807) is 12.4 Å². The molecule has 1 aromatic heterocycles. The Hall–Kier alpha value is -1.94. The Morgan fingerprint density at radius 2 is 2.00 bits per heavy atom. The minimum absolute atomic E-state index is 0.0957.